The van der Waals surface area contributed by atoms with Crippen molar-refractivity contribution in [2.24, 2.45) is 0 Å². The molecule has 0 spiro atoms. The van der Waals surface area contributed by atoms with Gasteiger partial charge in [-0.15, -0.1) is 6.42 Å². The van der Waals surface area contributed by atoms with Gasteiger partial charge < -0.3 is 19.9 Å². The Balaban J connectivity index is 1.48. The fourth-order valence-corrected chi connectivity index (χ4v) is 3.72. The maximum Gasteiger partial charge on any atom is 0.286 e. The first-order chi connectivity index (χ1) is 15.1. The van der Waals surface area contributed by atoms with Gasteiger partial charge in [-0.1, -0.05) is 42.3 Å². The average Bonchev–Trinajstić information content (AvgIpc) is 2.80. The van der Waals surface area contributed by atoms with E-state index in [4.69, 9.17) is 15.9 Å². The van der Waals surface area contributed by atoms with Crippen molar-refractivity contribution in [1.82, 2.24) is 5.32 Å². The second-order valence-electron chi connectivity index (χ2n) is 8.07. The highest BCUT2D eigenvalue weighted by molar-refractivity contribution is 5.92. The lowest BCUT2D eigenvalue weighted by Crippen LogP contribution is -2.42. The minimum absolute atomic E-state index is 0.00974. The van der Waals surface area contributed by atoms with Gasteiger partial charge in [-0.2, -0.15) is 0 Å². The Bertz CT molecular complexity index is 968. The minimum Gasteiger partial charge on any atom is -0.459 e. The Hall–Kier alpha value is -3.07. The summed E-state index contributed by atoms with van der Waals surface area (Å²) in [6.45, 7) is 0.369. The summed E-state index contributed by atoms with van der Waals surface area (Å²) in [4.78, 5) is 12.8. The van der Waals surface area contributed by atoms with E-state index in [1.165, 1.54) is 0 Å². The van der Waals surface area contributed by atoms with E-state index in [0.717, 1.165) is 41.5 Å². The van der Waals surface area contributed by atoms with Crippen LogP contribution in [-0.4, -0.2) is 23.3 Å². The van der Waals surface area contributed by atoms with E-state index in [1.54, 1.807) is 0 Å². The number of hydrogen-bond acceptors (Lipinski definition) is 4. The van der Waals surface area contributed by atoms with Crippen LogP contribution in [-0.2, 0) is 27.5 Å². The quantitative estimate of drug-likeness (QED) is 0.673. The van der Waals surface area contributed by atoms with Crippen LogP contribution in [0.2, 0.25) is 0 Å². The molecule has 2 atom stereocenters. The molecule has 0 radical (unpaired) electrons. The van der Waals surface area contributed by atoms with Gasteiger partial charge in [0.05, 0.1) is 13.2 Å². The Morgan fingerprint density at radius 3 is 2.45 bits per heavy atom. The van der Waals surface area contributed by atoms with Crippen LogP contribution in [0.3, 0.4) is 0 Å². The van der Waals surface area contributed by atoms with Crippen molar-refractivity contribution in [3.05, 3.63) is 82.6 Å². The SMILES string of the molecule is C#Cc1ccc([C@H]2C=C(C(=O)NC3CCC3)O[C@@H](OCc3ccc(CO)cc3)C2)cc1. The van der Waals surface area contributed by atoms with Gasteiger partial charge in [0.1, 0.15) is 0 Å². The molecule has 2 aliphatic rings. The van der Waals surface area contributed by atoms with E-state index < -0.39 is 6.29 Å². The molecule has 1 heterocycles. The number of allylic oxidation sites excluding steroid dienone is 1. The third kappa shape index (κ3) is 5.35. The van der Waals surface area contributed by atoms with Crippen LogP contribution in [0.1, 0.15) is 53.9 Å². The fourth-order valence-electron chi connectivity index (χ4n) is 3.72. The lowest BCUT2D eigenvalue weighted by molar-refractivity contribution is -0.150. The molecular formula is C26H27NO4. The van der Waals surface area contributed by atoms with Crippen LogP contribution < -0.4 is 5.32 Å². The van der Waals surface area contributed by atoms with Gasteiger partial charge in [-0.25, -0.2) is 0 Å². The van der Waals surface area contributed by atoms with Crippen molar-refractivity contribution in [2.75, 3.05) is 0 Å². The normalized spacial score (nSPS) is 20.7. The smallest absolute Gasteiger partial charge is 0.286 e. The van der Waals surface area contributed by atoms with Gasteiger partial charge in [-0.05, 0) is 54.2 Å². The van der Waals surface area contributed by atoms with Crippen LogP contribution in [0, 0.1) is 12.3 Å². The topological polar surface area (TPSA) is 67.8 Å². The standard InChI is InChI=1S/C26H27NO4/c1-2-18-10-12-21(13-11-18)22-14-24(26(29)27-23-4-3-5-23)31-25(15-22)30-17-20-8-6-19(16-28)7-9-20/h1,6-14,22-23,25,28H,3-5,15-17H2,(H,27,29)/t22-,25+/m0/s1. The Labute approximate surface area is 183 Å². The third-order valence-electron chi connectivity index (χ3n) is 5.87. The molecule has 2 N–H and O–H groups in total. The van der Waals surface area contributed by atoms with Gasteiger partial charge in [0.25, 0.3) is 5.91 Å². The average molecular weight is 418 g/mol. The maximum atomic E-state index is 12.8. The number of rotatable bonds is 7. The molecule has 1 saturated carbocycles. The summed E-state index contributed by atoms with van der Waals surface area (Å²) in [7, 11) is 0. The van der Waals surface area contributed by atoms with Crippen LogP contribution in [0.5, 0.6) is 0 Å². The van der Waals surface area contributed by atoms with Crippen molar-refractivity contribution in [2.45, 2.75) is 57.1 Å². The number of amides is 1. The van der Waals surface area contributed by atoms with Crippen molar-refractivity contribution >= 4 is 5.91 Å². The van der Waals surface area contributed by atoms with Crippen molar-refractivity contribution < 1.29 is 19.4 Å². The molecule has 0 saturated heterocycles. The van der Waals surface area contributed by atoms with Gasteiger partial charge in [-0.3, -0.25) is 4.79 Å². The maximum absolute atomic E-state index is 12.8. The van der Waals surface area contributed by atoms with E-state index in [2.05, 4.69) is 11.2 Å². The summed E-state index contributed by atoms with van der Waals surface area (Å²) >= 11 is 0. The zero-order valence-electron chi connectivity index (χ0n) is 17.4. The molecule has 0 unspecified atom stereocenters. The molecule has 31 heavy (non-hydrogen) atoms. The second-order valence-corrected chi connectivity index (χ2v) is 8.07. The Morgan fingerprint density at radius 2 is 1.84 bits per heavy atom. The molecule has 1 aliphatic heterocycles. The number of ether oxygens (including phenoxy) is 2. The van der Waals surface area contributed by atoms with E-state index in [-0.39, 0.29) is 24.5 Å². The summed E-state index contributed by atoms with van der Waals surface area (Å²) in [5.41, 5.74) is 3.72. The number of hydrogen-bond donors (Lipinski definition) is 2. The minimum atomic E-state index is -0.540. The molecular weight excluding hydrogens is 390 g/mol. The number of carbonyl (C=O) groups excluding carboxylic acids is 1. The Kier molecular flexibility index (Phi) is 6.71. The van der Waals surface area contributed by atoms with Crippen molar-refractivity contribution in [1.29, 1.82) is 0 Å². The lowest BCUT2D eigenvalue weighted by Gasteiger charge is -2.31. The number of aliphatic hydroxyl groups excluding tert-OH is 1. The number of nitrogens with one attached hydrogen (secondary N) is 1. The summed E-state index contributed by atoms with van der Waals surface area (Å²) < 4.78 is 12.0. The molecule has 2 aromatic rings. The molecule has 0 bridgehead atoms. The van der Waals surface area contributed by atoms with E-state index >= 15 is 0 Å². The van der Waals surface area contributed by atoms with Gasteiger partial charge >= 0.3 is 0 Å². The summed E-state index contributed by atoms with van der Waals surface area (Å²) in [6.07, 6.45) is 10.6. The van der Waals surface area contributed by atoms with Gasteiger partial charge in [0, 0.05) is 23.9 Å². The predicted octanol–water partition coefficient (Wildman–Crippen LogP) is 3.76. The molecule has 5 nitrogen and oxygen atoms in total. The van der Waals surface area contributed by atoms with Crippen LogP contribution in [0.4, 0.5) is 0 Å². The highest BCUT2D eigenvalue weighted by Crippen LogP contribution is 2.32. The highest BCUT2D eigenvalue weighted by Gasteiger charge is 2.30. The van der Waals surface area contributed by atoms with Gasteiger partial charge in [0.15, 0.2) is 5.76 Å². The zero-order valence-corrected chi connectivity index (χ0v) is 17.4. The van der Waals surface area contributed by atoms with Crippen LogP contribution >= 0.6 is 0 Å². The fraction of sp³-hybridized carbons (Fsp3) is 0.346. The molecule has 160 valence electrons. The molecule has 5 heteroatoms. The van der Waals surface area contributed by atoms with E-state index in [9.17, 15) is 9.90 Å². The number of aliphatic hydroxyl groups is 1. The highest BCUT2D eigenvalue weighted by atomic mass is 16.7. The monoisotopic (exact) mass is 417 g/mol. The third-order valence-corrected chi connectivity index (χ3v) is 5.87. The number of carbonyl (C=O) groups is 1. The van der Waals surface area contributed by atoms with Crippen molar-refractivity contribution in [3.8, 4) is 12.3 Å². The van der Waals surface area contributed by atoms with Crippen molar-refractivity contribution in [3.63, 3.8) is 0 Å². The Morgan fingerprint density at radius 1 is 1.13 bits per heavy atom. The van der Waals surface area contributed by atoms with E-state index in [1.807, 2.05) is 54.6 Å². The van der Waals surface area contributed by atoms with Crippen LogP contribution in [0.25, 0.3) is 0 Å². The number of terminal acetylenes is 1. The summed E-state index contributed by atoms with van der Waals surface area (Å²) in [5.74, 6) is 2.74. The summed E-state index contributed by atoms with van der Waals surface area (Å²) in [6, 6.07) is 15.6. The van der Waals surface area contributed by atoms with Crippen LogP contribution in [0.15, 0.2) is 60.4 Å². The molecule has 1 aliphatic carbocycles. The summed E-state index contributed by atoms with van der Waals surface area (Å²) in [5, 5.41) is 12.2. The molecule has 1 amide bonds. The van der Waals surface area contributed by atoms with E-state index in [0.29, 0.717) is 18.8 Å². The van der Waals surface area contributed by atoms with Gasteiger partial charge in [0.2, 0.25) is 6.29 Å². The predicted molar refractivity (Wildman–Crippen MR) is 118 cm³/mol. The number of benzene rings is 2. The first-order valence-corrected chi connectivity index (χ1v) is 10.7. The lowest BCUT2D eigenvalue weighted by atomic mass is 9.91. The molecule has 1 fully saturated rings. The zero-order chi connectivity index (χ0) is 21.6. The first kappa shape index (κ1) is 21.2. The first-order valence-electron chi connectivity index (χ1n) is 10.7. The second kappa shape index (κ2) is 9.82. The molecule has 4 rings (SSSR count). The molecule has 2 aromatic carbocycles. The molecule has 0 aromatic heterocycles. The largest absolute Gasteiger partial charge is 0.459 e.